The minimum atomic E-state index is -1.43. The van der Waals surface area contributed by atoms with Crippen molar-refractivity contribution in [1.29, 1.82) is 0 Å². The molecule has 1 heterocycles. The van der Waals surface area contributed by atoms with Gasteiger partial charge in [-0.2, -0.15) is 0 Å². The molecule has 0 bridgehead atoms. The summed E-state index contributed by atoms with van der Waals surface area (Å²) in [5, 5.41) is 0. The van der Waals surface area contributed by atoms with Gasteiger partial charge in [-0.3, -0.25) is 0 Å². The van der Waals surface area contributed by atoms with Crippen molar-refractivity contribution in [3.8, 4) is 5.75 Å². The van der Waals surface area contributed by atoms with Gasteiger partial charge in [0.1, 0.15) is 28.2 Å². The number of hydrogen-bond acceptors (Lipinski definition) is 5. The number of methoxy groups -OCH3 is 1. The number of rotatable bonds is 7. The molecule has 0 aliphatic rings. The summed E-state index contributed by atoms with van der Waals surface area (Å²) in [5.41, 5.74) is 2.08. The van der Waals surface area contributed by atoms with Gasteiger partial charge < -0.3 is 19.0 Å². The average molecular weight is 405 g/mol. The van der Waals surface area contributed by atoms with E-state index in [0.29, 0.717) is 17.1 Å². The van der Waals surface area contributed by atoms with Gasteiger partial charge in [0.15, 0.2) is 6.79 Å². The van der Waals surface area contributed by atoms with E-state index in [0.717, 1.165) is 11.0 Å². The van der Waals surface area contributed by atoms with Crippen LogP contribution >= 0.6 is 0 Å². The lowest BCUT2D eigenvalue weighted by Gasteiger charge is -2.28. The summed E-state index contributed by atoms with van der Waals surface area (Å²) in [5.74, 6) is 0.517. The van der Waals surface area contributed by atoms with E-state index in [4.69, 9.17) is 9.47 Å². The van der Waals surface area contributed by atoms with Gasteiger partial charge in [-0.15, -0.1) is 4.72 Å². The number of aromatic nitrogens is 2. The molecule has 2 atom stereocenters. The molecule has 1 aromatic heterocycles. The minimum Gasteiger partial charge on any atom is -0.598 e. The van der Waals surface area contributed by atoms with Crippen molar-refractivity contribution in [3.63, 3.8) is 0 Å². The van der Waals surface area contributed by atoms with E-state index < -0.39 is 28.0 Å². The number of benzene rings is 2. The molecule has 0 radical (unpaired) electrons. The van der Waals surface area contributed by atoms with Gasteiger partial charge in [0.2, 0.25) is 0 Å². The first-order chi connectivity index (χ1) is 13.3. The summed E-state index contributed by atoms with van der Waals surface area (Å²) >= 11 is -1.43. The van der Waals surface area contributed by atoms with Gasteiger partial charge in [-0.05, 0) is 51.1 Å². The largest absolute Gasteiger partial charge is 0.598 e. The van der Waals surface area contributed by atoms with Gasteiger partial charge in [0.05, 0.1) is 11.0 Å². The lowest BCUT2D eigenvalue weighted by Crippen LogP contribution is -2.42. The quantitative estimate of drug-likeness (QED) is 0.461. The van der Waals surface area contributed by atoms with Crippen molar-refractivity contribution in [1.82, 2.24) is 14.7 Å². The van der Waals surface area contributed by atoms with Gasteiger partial charge in [0, 0.05) is 24.0 Å². The second-order valence-electron chi connectivity index (χ2n) is 7.30. The number of fused-ring (bicyclic) bond motifs is 1. The van der Waals surface area contributed by atoms with Crippen LogP contribution in [-0.2, 0) is 16.1 Å². The molecule has 2 aromatic carbocycles. The van der Waals surface area contributed by atoms with Crippen molar-refractivity contribution >= 4 is 22.4 Å². The number of halogens is 1. The third-order valence-corrected chi connectivity index (χ3v) is 5.64. The summed E-state index contributed by atoms with van der Waals surface area (Å²) in [6.45, 7) is 5.59. The molecule has 8 heteroatoms. The van der Waals surface area contributed by atoms with Crippen LogP contribution in [0.3, 0.4) is 0 Å². The lowest BCUT2D eigenvalue weighted by molar-refractivity contribution is 0.0501. The normalized spacial score (nSPS) is 14.2. The van der Waals surface area contributed by atoms with Crippen LogP contribution in [0.2, 0.25) is 0 Å². The van der Waals surface area contributed by atoms with Crippen molar-refractivity contribution in [2.75, 3.05) is 13.9 Å². The molecule has 0 saturated carbocycles. The van der Waals surface area contributed by atoms with Crippen molar-refractivity contribution < 1.29 is 18.4 Å². The van der Waals surface area contributed by atoms with Gasteiger partial charge >= 0.3 is 0 Å². The highest BCUT2D eigenvalue weighted by Gasteiger charge is 2.33. The highest BCUT2D eigenvalue weighted by atomic mass is 32.2. The number of nitrogens with one attached hydrogen (secondary N) is 2. The smallest absolute Gasteiger partial charge is 0.188 e. The fraction of sp³-hybridized carbons (Fsp3) is 0.350. The molecule has 0 amide bonds. The maximum Gasteiger partial charge on any atom is 0.188 e. The van der Waals surface area contributed by atoms with Crippen molar-refractivity contribution in [2.24, 2.45) is 0 Å². The standard InChI is InChI=1S/C20H24FN3O3S/c1-20(2,3)28(25)24-18(19-22-15-7-5-6-8-16(15)23-19)14-11-13(21)9-10-17(14)27-12-26-4/h5-11,18,24H,12H2,1-4H3,(H,22,23). The maximum atomic E-state index is 14.1. The molecular weight excluding hydrogens is 381 g/mol. The Morgan fingerprint density at radius 1 is 1.25 bits per heavy atom. The Hall–Kier alpha value is -2.13. The summed E-state index contributed by atoms with van der Waals surface area (Å²) in [4.78, 5) is 7.85. The number of hydrogen-bond donors (Lipinski definition) is 2. The fourth-order valence-electron chi connectivity index (χ4n) is 2.66. The molecule has 0 saturated heterocycles. The van der Waals surface area contributed by atoms with E-state index in [1.54, 1.807) is 0 Å². The Morgan fingerprint density at radius 2 is 2.00 bits per heavy atom. The minimum absolute atomic E-state index is 0.00778. The second-order valence-corrected chi connectivity index (χ2v) is 9.30. The molecule has 0 spiro atoms. The Balaban J connectivity index is 2.09. The topological polar surface area (TPSA) is 82.2 Å². The van der Waals surface area contributed by atoms with Crippen LogP contribution in [0.1, 0.15) is 38.2 Å². The number of ether oxygens (including phenoxy) is 2. The predicted octanol–water partition coefficient (Wildman–Crippen LogP) is 3.83. The number of para-hydroxylation sites is 2. The second kappa shape index (κ2) is 8.48. The van der Waals surface area contributed by atoms with Crippen LogP contribution in [0.15, 0.2) is 42.5 Å². The van der Waals surface area contributed by atoms with E-state index in [2.05, 4.69) is 14.7 Å². The van der Waals surface area contributed by atoms with Crippen LogP contribution in [-0.4, -0.2) is 33.2 Å². The first kappa shape index (κ1) is 20.6. The maximum absolute atomic E-state index is 14.1. The SMILES string of the molecule is COCOc1ccc(F)cc1C(N[S+]([O-])C(C)(C)C)c1nc2ccccc2[nH]1. The summed E-state index contributed by atoms with van der Waals surface area (Å²) in [7, 11) is 1.51. The highest BCUT2D eigenvalue weighted by molar-refractivity contribution is 7.90. The Kier molecular flexibility index (Phi) is 6.24. The number of imidazole rings is 1. The molecular formula is C20H24FN3O3S. The molecule has 0 fully saturated rings. The molecule has 6 nitrogen and oxygen atoms in total. The Bertz CT molecular complexity index is 909. The Morgan fingerprint density at radius 3 is 2.68 bits per heavy atom. The summed E-state index contributed by atoms with van der Waals surface area (Å²) in [6, 6.07) is 11.1. The number of nitrogens with zero attached hydrogens (tertiary/aromatic N) is 1. The number of H-pyrrole nitrogens is 1. The zero-order valence-corrected chi connectivity index (χ0v) is 17.1. The van der Waals surface area contributed by atoms with E-state index in [-0.39, 0.29) is 6.79 Å². The number of aromatic amines is 1. The van der Waals surface area contributed by atoms with Crippen LogP contribution < -0.4 is 9.46 Å². The molecule has 2 N–H and O–H groups in total. The first-order valence-corrected chi connectivity index (χ1v) is 9.98. The summed E-state index contributed by atoms with van der Waals surface area (Å²) in [6.07, 6.45) is 0. The van der Waals surface area contributed by atoms with E-state index in [1.807, 2.05) is 45.0 Å². The first-order valence-electron chi connectivity index (χ1n) is 8.83. The van der Waals surface area contributed by atoms with Crippen LogP contribution in [0.5, 0.6) is 5.75 Å². The fourth-order valence-corrected chi connectivity index (χ4v) is 3.46. The highest BCUT2D eigenvalue weighted by Crippen LogP contribution is 2.32. The summed E-state index contributed by atoms with van der Waals surface area (Å²) < 4.78 is 40.1. The molecule has 3 rings (SSSR count). The van der Waals surface area contributed by atoms with Crippen molar-refractivity contribution in [2.45, 2.75) is 31.6 Å². The van der Waals surface area contributed by atoms with E-state index in [1.165, 1.54) is 25.3 Å². The lowest BCUT2D eigenvalue weighted by atomic mass is 10.1. The van der Waals surface area contributed by atoms with Crippen LogP contribution in [0.4, 0.5) is 4.39 Å². The zero-order valence-electron chi connectivity index (χ0n) is 16.3. The molecule has 3 aromatic rings. The molecule has 28 heavy (non-hydrogen) atoms. The van der Waals surface area contributed by atoms with E-state index >= 15 is 0 Å². The molecule has 0 aliphatic heterocycles. The van der Waals surface area contributed by atoms with Gasteiger partial charge in [-0.25, -0.2) is 9.37 Å². The molecule has 150 valence electrons. The average Bonchev–Trinajstić information content (AvgIpc) is 3.08. The third kappa shape index (κ3) is 4.64. The van der Waals surface area contributed by atoms with E-state index in [9.17, 15) is 8.94 Å². The third-order valence-electron chi connectivity index (χ3n) is 4.08. The monoisotopic (exact) mass is 405 g/mol. The Labute approximate surface area is 166 Å². The predicted molar refractivity (Wildman–Crippen MR) is 108 cm³/mol. The van der Waals surface area contributed by atoms with Crippen molar-refractivity contribution in [3.05, 3.63) is 59.7 Å². The molecule has 0 aliphatic carbocycles. The van der Waals surface area contributed by atoms with Crippen LogP contribution in [0.25, 0.3) is 11.0 Å². The van der Waals surface area contributed by atoms with Crippen LogP contribution in [0, 0.1) is 5.82 Å². The van der Waals surface area contributed by atoms with Gasteiger partial charge in [0.25, 0.3) is 0 Å². The molecule has 2 unspecified atom stereocenters. The zero-order chi connectivity index (χ0) is 20.3. The van der Waals surface area contributed by atoms with Gasteiger partial charge in [-0.1, -0.05) is 12.1 Å².